The number of anilines is 2. The van der Waals surface area contributed by atoms with E-state index >= 15 is 0 Å². The summed E-state index contributed by atoms with van der Waals surface area (Å²) < 4.78 is 7.11. The van der Waals surface area contributed by atoms with Crippen molar-refractivity contribution in [3.05, 3.63) is 66.5 Å². The molecule has 0 spiro atoms. The van der Waals surface area contributed by atoms with Crippen molar-refractivity contribution >= 4 is 22.5 Å². The van der Waals surface area contributed by atoms with E-state index in [9.17, 15) is 15.3 Å². The number of benzene rings is 2. The van der Waals surface area contributed by atoms with Gasteiger partial charge in [0.1, 0.15) is 36.2 Å². The van der Waals surface area contributed by atoms with Gasteiger partial charge in [-0.3, -0.25) is 0 Å². The standard InChI is InChI=1S/C23H20N6O4/c24-10-13-6-8-15(9-7-13)27-21-17-18(14-4-2-1-3-5-14)28-29(22(17)26-12-25-21)23-20(32)19(31)16(11-30)33-23/h1-9,12,16,19-20,23,30-32H,11H2,(H,25,26,27)/t16-,19+,20+,23-/m1/s1. The zero-order valence-electron chi connectivity index (χ0n) is 17.3. The van der Waals surface area contributed by atoms with Gasteiger partial charge in [0, 0.05) is 11.3 Å². The van der Waals surface area contributed by atoms with Crippen LogP contribution in [0.5, 0.6) is 0 Å². The summed E-state index contributed by atoms with van der Waals surface area (Å²) >= 11 is 0. The Morgan fingerprint density at radius 3 is 2.45 bits per heavy atom. The van der Waals surface area contributed by atoms with Crippen LogP contribution in [0, 0.1) is 11.3 Å². The summed E-state index contributed by atoms with van der Waals surface area (Å²) in [5, 5.41) is 47.8. The fourth-order valence-electron chi connectivity index (χ4n) is 3.89. The monoisotopic (exact) mass is 444 g/mol. The number of nitrogens with zero attached hydrogens (tertiary/aromatic N) is 5. The van der Waals surface area contributed by atoms with Gasteiger partial charge in [-0.15, -0.1) is 0 Å². The first-order chi connectivity index (χ1) is 16.1. The highest BCUT2D eigenvalue weighted by Crippen LogP contribution is 2.37. The summed E-state index contributed by atoms with van der Waals surface area (Å²) in [5.41, 5.74) is 2.99. The minimum absolute atomic E-state index is 0.384. The van der Waals surface area contributed by atoms with Crippen molar-refractivity contribution in [2.45, 2.75) is 24.5 Å². The highest BCUT2D eigenvalue weighted by molar-refractivity contribution is 6.00. The molecule has 0 aliphatic carbocycles. The van der Waals surface area contributed by atoms with Gasteiger partial charge in [-0.25, -0.2) is 14.6 Å². The first-order valence-electron chi connectivity index (χ1n) is 10.3. The van der Waals surface area contributed by atoms with E-state index < -0.39 is 31.1 Å². The van der Waals surface area contributed by atoms with Gasteiger partial charge in [-0.05, 0) is 24.3 Å². The topological polar surface area (TPSA) is 149 Å². The first-order valence-corrected chi connectivity index (χ1v) is 10.3. The Morgan fingerprint density at radius 1 is 1.03 bits per heavy atom. The zero-order chi connectivity index (χ0) is 22.9. The van der Waals surface area contributed by atoms with Crippen LogP contribution in [0.3, 0.4) is 0 Å². The normalized spacial score (nSPS) is 22.4. The van der Waals surface area contributed by atoms with Gasteiger partial charge in [0.2, 0.25) is 0 Å². The van der Waals surface area contributed by atoms with Gasteiger partial charge in [-0.2, -0.15) is 10.4 Å². The number of rotatable bonds is 5. The van der Waals surface area contributed by atoms with E-state index in [1.807, 2.05) is 30.3 Å². The van der Waals surface area contributed by atoms with E-state index in [0.717, 1.165) is 5.56 Å². The predicted molar refractivity (Wildman–Crippen MR) is 118 cm³/mol. The van der Waals surface area contributed by atoms with Gasteiger partial charge < -0.3 is 25.4 Å². The number of fused-ring (bicyclic) bond motifs is 1. The number of nitrogens with one attached hydrogen (secondary N) is 1. The molecule has 2 aromatic carbocycles. The molecule has 2 aromatic heterocycles. The Hall–Kier alpha value is -3.88. The summed E-state index contributed by atoms with van der Waals surface area (Å²) in [7, 11) is 0. The Balaban J connectivity index is 1.66. The van der Waals surface area contributed by atoms with Crippen molar-refractivity contribution in [2.75, 3.05) is 11.9 Å². The molecular formula is C23H20N6O4. The molecule has 3 heterocycles. The lowest BCUT2D eigenvalue weighted by atomic mass is 10.1. The summed E-state index contributed by atoms with van der Waals surface area (Å²) in [4.78, 5) is 8.79. The second-order valence-corrected chi connectivity index (χ2v) is 7.62. The van der Waals surface area contributed by atoms with Crippen molar-refractivity contribution in [3.8, 4) is 17.3 Å². The van der Waals surface area contributed by atoms with Crippen LogP contribution in [0.1, 0.15) is 11.8 Å². The minimum Gasteiger partial charge on any atom is -0.394 e. The van der Waals surface area contributed by atoms with Gasteiger partial charge in [0.15, 0.2) is 11.9 Å². The second kappa shape index (κ2) is 8.57. The predicted octanol–water partition coefficient (Wildman–Crippen LogP) is 1.72. The van der Waals surface area contributed by atoms with Crippen LogP contribution >= 0.6 is 0 Å². The third kappa shape index (κ3) is 3.69. The number of ether oxygens (including phenoxy) is 1. The van der Waals surface area contributed by atoms with Crippen LogP contribution in [0.4, 0.5) is 11.5 Å². The molecule has 10 heteroatoms. The minimum atomic E-state index is -1.31. The fraction of sp³-hybridized carbons (Fsp3) is 0.217. The van der Waals surface area contributed by atoms with Crippen LogP contribution in [0.2, 0.25) is 0 Å². The van der Waals surface area contributed by atoms with Crippen molar-refractivity contribution in [3.63, 3.8) is 0 Å². The molecular weight excluding hydrogens is 424 g/mol. The number of aliphatic hydroxyl groups excluding tert-OH is 3. The highest BCUT2D eigenvalue weighted by atomic mass is 16.6. The zero-order valence-corrected chi connectivity index (χ0v) is 17.3. The van der Waals surface area contributed by atoms with Crippen LogP contribution in [0.25, 0.3) is 22.3 Å². The molecule has 10 nitrogen and oxygen atoms in total. The lowest BCUT2D eigenvalue weighted by Crippen LogP contribution is -2.33. The number of hydrogen-bond donors (Lipinski definition) is 4. The molecule has 0 bridgehead atoms. The second-order valence-electron chi connectivity index (χ2n) is 7.62. The molecule has 4 N–H and O–H groups in total. The lowest BCUT2D eigenvalue weighted by molar-refractivity contribution is -0.0565. The van der Waals surface area contributed by atoms with E-state index in [1.54, 1.807) is 24.3 Å². The molecule has 0 saturated carbocycles. The van der Waals surface area contributed by atoms with Crippen LogP contribution in [-0.4, -0.2) is 60.0 Å². The Morgan fingerprint density at radius 2 is 1.79 bits per heavy atom. The Kier molecular flexibility index (Phi) is 5.45. The lowest BCUT2D eigenvalue weighted by Gasteiger charge is -2.15. The third-order valence-corrected chi connectivity index (χ3v) is 5.57. The van der Waals surface area contributed by atoms with Crippen LogP contribution in [0.15, 0.2) is 60.9 Å². The summed E-state index contributed by atoms with van der Waals surface area (Å²) in [5.74, 6) is 0.474. The molecule has 166 valence electrons. The van der Waals surface area contributed by atoms with Crippen molar-refractivity contribution in [2.24, 2.45) is 0 Å². The van der Waals surface area contributed by atoms with E-state index in [-0.39, 0.29) is 0 Å². The molecule has 1 aliphatic heterocycles. The number of aliphatic hydroxyl groups is 3. The quantitative estimate of drug-likeness (QED) is 0.361. The van der Waals surface area contributed by atoms with Gasteiger partial charge in [-0.1, -0.05) is 30.3 Å². The molecule has 5 rings (SSSR count). The third-order valence-electron chi connectivity index (χ3n) is 5.57. The molecule has 1 fully saturated rings. The Bertz CT molecular complexity index is 1320. The maximum absolute atomic E-state index is 10.6. The Labute approximate surface area is 188 Å². The molecule has 0 unspecified atom stereocenters. The van der Waals surface area contributed by atoms with Crippen LogP contribution < -0.4 is 5.32 Å². The van der Waals surface area contributed by atoms with E-state index in [0.29, 0.717) is 33.8 Å². The van der Waals surface area contributed by atoms with Gasteiger partial charge >= 0.3 is 0 Å². The largest absolute Gasteiger partial charge is 0.394 e. The molecule has 33 heavy (non-hydrogen) atoms. The maximum Gasteiger partial charge on any atom is 0.181 e. The fourth-order valence-corrected chi connectivity index (χ4v) is 3.89. The van der Waals surface area contributed by atoms with E-state index in [1.165, 1.54) is 11.0 Å². The number of hydrogen-bond acceptors (Lipinski definition) is 9. The van der Waals surface area contributed by atoms with Crippen molar-refractivity contribution in [1.82, 2.24) is 19.7 Å². The van der Waals surface area contributed by atoms with E-state index in [4.69, 9.17) is 10.00 Å². The number of nitriles is 1. The summed E-state index contributed by atoms with van der Waals surface area (Å²) in [6, 6.07) is 18.4. The highest BCUT2D eigenvalue weighted by Gasteiger charge is 2.45. The van der Waals surface area contributed by atoms with Gasteiger partial charge in [0.05, 0.1) is 23.6 Å². The van der Waals surface area contributed by atoms with E-state index in [2.05, 4.69) is 26.5 Å². The first kappa shape index (κ1) is 21.0. The molecule has 4 atom stereocenters. The SMILES string of the molecule is N#Cc1ccc(Nc2ncnc3c2c(-c2ccccc2)nn3[C@@H]2O[C@H](CO)[C@H](O)[C@@H]2O)cc1. The molecule has 0 amide bonds. The molecule has 0 radical (unpaired) electrons. The van der Waals surface area contributed by atoms with Crippen molar-refractivity contribution in [1.29, 1.82) is 5.26 Å². The van der Waals surface area contributed by atoms with Gasteiger partial charge in [0.25, 0.3) is 0 Å². The van der Waals surface area contributed by atoms with Crippen LogP contribution in [-0.2, 0) is 4.74 Å². The number of aromatic nitrogens is 4. The average Bonchev–Trinajstić information content (AvgIpc) is 3.38. The summed E-state index contributed by atoms with van der Waals surface area (Å²) in [6.45, 7) is -0.444. The molecule has 1 saturated heterocycles. The smallest absolute Gasteiger partial charge is 0.181 e. The maximum atomic E-state index is 10.6. The molecule has 1 aliphatic rings. The summed E-state index contributed by atoms with van der Waals surface area (Å²) in [6.07, 6.45) is -3.20. The average molecular weight is 444 g/mol. The molecule has 4 aromatic rings. The van der Waals surface area contributed by atoms with Crippen molar-refractivity contribution < 1.29 is 20.1 Å².